The lowest BCUT2D eigenvalue weighted by Gasteiger charge is -2.16. The van der Waals surface area contributed by atoms with E-state index < -0.39 is 30.4 Å². The molecule has 4 atom stereocenters. The van der Waals surface area contributed by atoms with Crippen LogP contribution in [0.5, 0.6) is 0 Å². The minimum Gasteiger partial charge on any atom is -0.387 e. The summed E-state index contributed by atoms with van der Waals surface area (Å²) in [6.45, 7) is 0.554. The van der Waals surface area contributed by atoms with Gasteiger partial charge < -0.3 is 25.6 Å². The van der Waals surface area contributed by atoms with Crippen LogP contribution >= 0.6 is 22.6 Å². The lowest BCUT2D eigenvalue weighted by atomic mass is 10.1. The van der Waals surface area contributed by atoms with E-state index >= 15 is 0 Å². The topological polar surface area (TPSA) is 134 Å². The minimum absolute atomic E-state index is 0.416. The third-order valence-electron chi connectivity index (χ3n) is 4.78. The maximum absolute atomic E-state index is 11.9. The van der Waals surface area contributed by atoms with E-state index in [1.807, 2.05) is 24.3 Å². The van der Waals surface area contributed by atoms with Gasteiger partial charge in [-0.05, 0) is 34.2 Å². The lowest BCUT2D eigenvalue weighted by molar-refractivity contribution is -0.137. The van der Waals surface area contributed by atoms with Gasteiger partial charge >= 0.3 is 0 Å². The number of nitrogens with zero attached hydrogens (tertiary/aromatic N) is 4. The molecule has 152 valence electrons. The van der Waals surface area contributed by atoms with Crippen LogP contribution in [0.4, 0.5) is 5.82 Å². The number of likely N-dealkylation sites (N-methyl/N-ethyl adjacent to an activating group) is 1. The van der Waals surface area contributed by atoms with Crippen molar-refractivity contribution in [2.45, 2.75) is 31.1 Å². The number of fused-ring (bicyclic) bond motifs is 1. The Morgan fingerprint density at radius 2 is 2.03 bits per heavy atom. The van der Waals surface area contributed by atoms with E-state index in [1.54, 1.807) is 0 Å². The summed E-state index contributed by atoms with van der Waals surface area (Å²) in [4.78, 5) is 24.7. The molecule has 3 heterocycles. The SMILES string of the molecule is CNC(=O)[C@H]1O[C@@H](n2cnc3c(NCc4ccccc4I)ncnc32)[C@H](O)[C@@H]1O. The minimum atomic E-state index is -1.36. The van der Waals surface area contributed by atoms with Gasteiger partial charge in [-0.15, -0.1) is 0 Å². The summed E-state index contributed by atoms with van der Waals surface area (Å²) in [5, 5.41) is 26.2. The Balaban J connectivity index is 1.61. The van der Waals surface area contributed by atoms with Crippen molar-refractivity contribution in [1.29, 1.82) is 0 Å². The van der Waals surface area contributed by atoms with E-state index in [0.29, 0.717) is 23.5 Å². The van der Waals surface area contributed by atoms with Gasteiger partial charge in [-0.1, -0.05) is 18.2 Å². The number of imidazole rings is 1. The molecule has 1 aromatic carbocycles. The van der Waals surface area contributed by atoms with E-state index in [1.165, 1.54) is 24.3 Å². The van der Waals surface area contributed by atoms with E-state index in [4.69, 9.17) is 4.74 Å². The van der Waals surface area contributed by atoms with Gasteiger partial charge in [0.2, 0.25) is 0 Å². The molecule has 0 bridgehead atoms. The molecule has 0 saturated carbocycles. The second-order valence-corrected chi connectivity index (χ2v) is 7.70. The smallest absolute Gasteiger partial charge is 0.251 e. The highest BCUT2D eigenvalue weighted by molar-refractivity contribution is 14.1. The number of nitrogens with one attached hydrogen (secondary N) is 2. The molecule has 1 amide bonds. The molecular formula is C18H19IN6O4. The molecular weight excluding hydrogens is 491 g/mol. The van der Waals surface area contributed by atoms with Gasteiger partial charge in [-0.2, -0.15) is 0 Å². The lowest BCUT2D eigenvalue weighted by Crippen LogP contribution is -2.41. The number of aromatic nitrogens is 4. The molecule has 3 aromatic rings. The third-order valence-corrected chi connectivity index (χ3v) is 5.83. The number of aliphatic hydroxyl groups excluding tert-OH is 2. The number of amides is 1. The third kappa shape index (κ3) is 3.66. The molecule has 10 nitrogen and oxygen atoms in total. The largest absolute Gasteiger partial charge is 0.387 e. The number of benzene rings is 1. The highest BCUT2D eigenvalue weighted by Crippen LogP contribution is 2.32. The van der Waals surface area contributed by atoms with Gasteiger partial charge in [0, 0.05) is 17.2 Å². The number of halogens is 1. The Bertz CT molecular complexity index is 1040. The maximum atomic E-state index is 11.9. The first-order valence-corrected chi connectivity index (χ1v) is 9.97. The van der Waals surface area contributed by atoms with Gasteiger partial charge in [-0.25, -0.2) is 15.0 Å². The fourth-order valence-corrected chi connectivity index (χ4v) is 3.81. The standard InChI is InChI=1S/C18H19IN6O4/c1-20-17(28)14-12(26)13(27)18(29-14)25-8-24-11-15(22-7-23-16(11)25)21-6-9-4-2-3-5-10(9)19/h2-5,7-8,12-14,18,26-27H,6H2,1H3,(H,20,28)(H,21,22,23)/t12-,13+,14-,18+/m0/s1. The summed E-state index contributed by atoms with van der Waals surface area (Å²) in [6.07, 6.45) is -2.03. The summed E-state index contributed by atoms with van der Waals surface area (Å²) in [5.74, 6) is 0.0159. The molecule has 4 rings (SSSR count). The molecule has 0 unspecified atom stereocenters. The first kappa shape index (κ1) is 19.9. The zero-order valence-corrected chi connectivity index (χ0v) is 17.5. The Morgan fingerprint density at radius 1 is 1.24 bits per heavy atom. The number of hydrogen-bond acceptors (Lipinski definition) is 8. The number of carbonyl (C=O) groups excluding carboxylic acids is 1. The molecule has 1 saturated heterocycles. The number of carbonyl (C=O) groups is 1. The van der Waals surface area contributed by atoms with Crippen LogP contribution in [0.25, 0.3) is 11.2 Å². The van der Waals surface area contributed by atoms with Crippen LogP contribution in [0.1, 0.15) is 11.8 Å². The Morgan fingerprint density at radius 3 is 2.79 bits per heavy atom. The molecule has 1 fully saturated rings. The van der Waals surface area contributed by atoms with Crippen LogP contribution in [0.2, 0.25) is 0 Å². The molecule has 0 spiro atoms. The predicted molar refractivity (Wildman–Crippen MR) is 112 cm³/mol. The summed E-state index contributed by atoms with van der Waals surface area (Å²) >= 11 is 2.27. The van der Waals surface area contributed by atoms with E-state index in [9.17, 15) is 15.0 Å². The monoisotopic (exact) mass is 510 g/mol. The van der Waals surface area contributed by atoms with Crippen LogP contribution in [0.3, 0.4) is 0 Å². The second kappa shape index (κ2) is 8.18. The van der Waals surface area contributed by atoms with Crippen LogP contribution in [0, 0.1) is 3.57 Å². The summed E-state index contributed by atoms with van der Waals surface area (Å²) < 4.78 is 8.23. The molecule has 11 heteroatoms. The molecule has 1 aliphatic rings. The van der Waals surface area contributed by atoms with Crippen molar-refractivity contribution in [2.75, 3.05) is 12.4 Å². The Kier molecular flexibility index (Phi) is 5.63. The summed E-state index contributed by atoms with van der Waals surface area (Å²) in [7, 11) is 1.43. The van der Waals surface area contributed by atoms with Crippen molar-refractivity contribution in [3.63, 3.8) is 0 Å². The first-order valence-electron chi connectivity index (χ1n) is 8.89. The van der Waals surface area contributed by atoms with Gasteiger partial charge in [-0.3, -0.25) is 9.36 Å². The summed E-state index contributed by atoms with van der Waals surface area (Å²) in [6, 6.07) is 7.99. The van der Waals surface area contributed by atoms with Crippen LogP contribution in [-0.4, -0.2) is 61.0 Å². The van der Waals surface area contributed by atoms with Crippen molar-refractivity contribution in [3.05, 3.63) is 46.1 Å². The van der Waals surface area contributed by atoms with Crippen LogP contribution < -0.4 is 10.6 Å². The number of aliphatic hydroxyl groups is 2. The van der Waals surface area contributed by atoms with Crippen LogP contribution in [-0.2, 0) is 16.1 Å². The van der Waals surface area contributed by atoms with Crippen molar-refractivity contribution >= 4 is 45.5 Å². The molecule has 4 N–H and O–H groups in total. The fourth-order valence-electron chi connectivity index (χ4n) is 3.24. The second-order valence-electron chi connectivity index (χ2n) is 6.53. The fraction of sp³-hybridized carbons (Fsp3) is 0.333. The Labute approximate surface area is 179 Å². The van der Waals surface area contributed by atoms with Gasteiger partial charge in [0.1, 0.15) is 18.5 Å². The van der Waals surface area contributed by atoms with Gasteiger partial charge in [0.15, 0.2) is 29.3 Å². The van der Waals surface area contributed by atoms with E-state index in [-0.39, 0.29) is 0 Å². The Hall–Kier alpha value is -2.35. The zero-order chi connectivity index (χ0) is 20.5. The van der Waals surface area contributed by atoms with Crippen molar-refractivity contribution in [2.24, 2.45) is 0 Å². The number of rotatable bonds is 5. The average molecular weight is 510 g/mol. The number of ether oxygens (including phenoxy) is 1. The van der Waals surface area contributed by atoms with Gasteiger partial charge in [0.25, 0.3) is 5.91 Å². The molecule has 1 aliphatic heterocycles. The summed E-state index contributed by atoms with van der Waals surface area (Å²) in [5.41, 5.74) is 2.02. The van der Waals surface area contributed by atoms with Gasteiger partial charge in [0.05, 0.1) is 6.33 Å². The molecule has 2 aromatic heterocycles. The number of anilines is 1. The van der Waals surface area contributed by atoms with Crippen molar-refractivity contribution < 1.29 is 19.7 Å². The average Bonchev–Trinajstić information content (AvgIpc) is 3.28. The number of hydrogen-bond donors (Lipinski definition) is 4. The van der Waals surface area contributed by atoms with E-state index in [0.717, 1.165) is 9.13 Å². The highest BCUT2D eigenvalue weighted by atomic mass is 127. The normalized spacial score (nSPS) is 24.0. The molecule has 0 radical (unpaired) electrons. The van der Waals surface area contributed by atoms with Crippen molar-refractivity contribution in [3.8, 4) is 0 Å². The maximum Gasteiger partial charge on any atom is 0.251 e. The molecule has 0 aliphatic carbocycles. The highest BCUT2D eigenvalue weighted by Gasteiger charge is 2.47. The van der Waals surface area contributed by atoms with E-state index in [2.05, 4.69) is 48.2 Å². The molecule has 29 heavy (non-hydrogen) atoms. The zero-order valence-electron chi connectivity index (χ0n) is 15.4. The first-order chi connectivity index (χ1) is 14.0. The van der Waals surface area contributed by atoms with Crippen LogP contribution in [0.15, 0.2) is 36.9 Å². The quantitative estimate of drug-likeness (QED) is 0.363. The predicted octanol–water partition coefficient (Wildman–Crippen LogP) is 0.408. The van der Waals surface area contributed by atoms with Crippen molar-refractivity contribution in [1.82, 2.24) is 24.8 Å².